The normalized spacial score (nSPS) is 10.5. The van der Waals surface area contributed by atoms with Crippen LogP contribution in [0.15, 0.2) is 60.8 Å². The minimum Gasteiger partial charge on any atom is -0.480 e. The largest absolute Gasteiger partial charge is 0.480 e. The number of fused-ring (bicyclic) bond motifs is 1. The van der Waals surface area contributed by atoms with Gasteiger partial charge in [0.15, 0.2) is 0 Å². The monoisotopic (exact) mass is 324 g/mol. The zero-order valence-electron chi connectivity index (χ0n) is 12.8. The fourth-order valence-corrected chi connectivity index (χ4v) is 2.42. The van der Waals surface area contributed by atoms with Crippen molar-refractivity contribution >= 4 is 28.7 Å². The van der Waals surface area contributed by atoms with Crippen molar-refractivity contribution in [1.82, 2.24) is 4.57 Å². The van der Waals surface area contributed by atoms with E-state index in [-0.39, 0.29) is 13.2 Å². The number of benzene rings is 2. The molecule has 0 saturated heterocycles. The molecule has 0 atom stereocenters. The second kappa shape index (κ2) is 6.87. The van der Waals surface area contributed by atoms with Crippen LogP contribution in [0, 0.1) is 0 Å². The molecule has 6 heteroatoms. The molecule has 122 valence electrons. The predicted octanol–water partition coefficient (Wildman–Crippen LogP) is 3.47. The summed E-state index contributed by atoms with van der Waals surface area (Å²) in [7, 11) is 0. The van der Waals surface area contributed by atoms with Gasteiger partial charge in [-0.25, -0.2) is 4.79 Å². The first kappa shape index (κ1) is 15.6. The number of carboxylic acid groups (broad SMARTS) is 1. The standard InChI is InChI=1S/C18H16N2O4/c21-17(22)11-20-9-8-14-6-7-15(10-16(14)20)19-18(23)24-12-13-4-2-1-3-5-13/h1-10H,11-12H2,(H,19,23)(H,21,22). The van der Waals surface area contributed by atoms with Gasteiger partial charge in [0.1, 0.15) is 13.2 Å². The van der Waals surface area contributed by atoms with Crippen LogP contribution in [0.1, 0.15) is 5.56 Å². The summed E-state index contributed by atoms with van der Waals surface area (Å²) in [6.07, 6.45) is 1.14. The summed E-state index contributed by atoms with van der Waals surface area (Å²) in [6.45, 7) is 0.0513. The Morgan fingerprint density at radius 3 is 2.62 bits per heavy atom. The first-order chi connectivity index (χ1) is 11.6. The Bertz CT molecular complexity index is 871. The highest BCUT2D eigenvalue weighted by Gasteiger charge is 2.08. The van der Waals surface area contributed by atoms with Gasteiger partial charge in [0.25, 0.3) is 0 Å². The molecule has 0 aliphatic heterocycles. The van der Waals surface area contributed by atoms with Gasteiger partial charge in [-0.05, 0) is 29.1 Å². The molecule has 0 aliphatic carbocycles. The van der Waals surface area contributed by atoms with Crippen LogP contribution in [0.4, 0.5) is 10.5 Å². The second-order valence-corrected chi connectivity index (χ2v) is 5.30. The van der Waals surface area contributed by atoms with E-state index in [1.807, 2.05) is 42.5 Å². The quantitative estimate of drug-likeness (QED) is 0.753. The average molecular weight is 324 g/mol. The lowest BCUT2D eigenvalue weighted by atomic mass is 10.2. The van der Waals surface area contributed by atoms with E-state index in [2.05, 4.69) is 5.32 Å². The number of carbonyl (C=O) groups excluding carboxylic acids is 1. The van der Waals surface area contributed by atoms with Crippen molar-refractivity contribution in [1.29, 1.82) is 0 Å². The SMILES string of the molecule is O=C(O)Cn1ccc2ccc(NC(=O)OCc3ccccc3)cc21. The molecule has 3 rings (SSSR count). The number of nitrogens with zero attached hydrogens (tertiary/aromatic N) is 1. The molecule has 1 heterocycles. The smallest absolute Gasteiger partial charge is 0.411 e. The zero-order valence-corrected chi connectivity index (χ0v) is 12.8. The number of carboxylic acids is 1. The molecule has 1 amide bonds. The summed E-state index contributed by atoms with van der Waals surface area (Å²) in [4.78, 5) is 22.8. The summed E-state index contributed by atoms with van der Waals surface area (Å²) in [5.74, 6) is -0.923. The van der Waals surface area contributed by atoms with E-state index in [0.717, 1.165) is 16.5 Å². The number of carbonyl (C=O) groups is 2. The highest BCUT2D eigenvalue weighted by molar-refractivity contribution is 5.90. The van der Waals surface area contributed by atoms with Crippen molar-refractivity contribution in [2.45, 2.75) is 13.2 Å². The van der Waals surface area contributed by atoms with Gasteiger partial charge < -0.3 is 14.4 Å². The van der Waals surface area contributed by atoms with Crippen LogP contribution in [0.5, 0.6) is 0 Å². The molecule has 0 bridgehead atoms. The number of nitrogens with one attached hydrogen (secondary N) is 1. The highest BCUT2D eigenvalue weighted by atomic mass is 16.5. The summed E-state index contributed by atoms with van der Waals surface area (Å²) < 4.78 is 6.78. The number of hydrogen-bond acceptors (Lipinski definition) is 3. The van der Waals surface area contributed by atoms with Gasteiger partial charge in [0.05, 0.1) is 5.52 Å². The van der Waals surface area contributed by atoms with Gasteiger partial charge >= 0.3 is 12.1 Å². The summed E-state index contributed by atoms with van der Waals surface area (Å²) in [5, 5.41) is 12.5. The molecular formula is C18H16N2O4. The molecule has 1 aromatic heterocycles. The van der Waals surface area contributed by atoms with Crippen LogP contribution >= 0.6 is 0 Å². The molecule has 2 N–H and O–H groups in total. The van der Waals surface area contributed by atoms with Crippen LogP contribution < -0.4 is 5.32 Å². The first-order valence-electron chi connectivity index (χ1n) is 7.40. The Morgan fingerprint density at radius 2 is 1.88 bits per heavy atom. The van der Waals surface area contributed by atoms with Crippen LogP contribution in [-0.4, -0.2) is 21.7 Å². The third kappa shape index (κ3) is 3.73. The van der Waals surface area contributed by atoms with Crippen LogP contribution in [0.3, 0.4) is 0 Å². The molecule has 6 nitrogen and oxygen atoms in total. The van der Waals surface area contributed by atoms with Crippen molar-refractivity contribution in [2.24, 2.45) is 0 Å². The molecule has 0 unspecified atom stereocenters. The highest BCUT2D eigenvalue weighted by Crippen LogP contribution is 2.21. The van der Waals surface area contributed by atoms with Crippen molar-refractivity contribution in [3.8, 4) is 0 Å². The maximum Gasteiger partial charge on any atom is 0.411 e. The average Bonchev–Trinajstić information content (AvgIpc) is 2.96. The Morgan fingerprint density at radius 1 is 1.08 bits per heavy atom. The number of anilines is 1. The van der Waals surface area contributed by atoms with Gasteiger partial charge in [-0.2, -0.15) is 0 Å². The van der Waals surface area contributed by atoms with Crippen LogP contribution in [0.2, 0.25) is 0 Å². The fraction of sp³-hybridized carbons (Fsp3) is 0.111. The minimum atomic E-state index is -0.923. The third-order valence-corrected chi connectivity index (χ3v) is 3.54. The Balaban J connectivity index is 1.68. The van der Waals surface area contributed by atoms with Gasteiger partial charge in [0.2, 0.25) is 0 Å². The Hall–Kier alpha value is -3.28. The van der Waals surface area contributed by atoms with Gasteiger partial charge in [0, 0.05) is 11.9 Å². The van der Waals surface area contributed by atoms with E-state index in [1.165, 1.54) is 0 Å². The van der Waals surface area contributed by atoms with Crippen LogP contribution in [0.25, 0.3) is 10.9 Å². The lowest BCUT2D eigenvalue weighted by molar-refractivity contribution is -0.137. The van der Waals surface area contributed by atoms with E-state index in [1.54, 1.807) is 22.9 Å². The molecule has 2 aromatic carbocycles. The maximum absolute atomic E-state index is 11.9. The number of aliphatic carboxylic acids is 1. The van der Waals surface area contributed by atoms with Crippen molar-refractivity contribution in [3.63, 3.8) is 0 Å². The molecule has 0 spiro atoms. The summed E-state index contributed by atoms with van der Waals surface area (Å²) in [6, 6.07) is 16.5. The molecule has 24 heavy (non-hydrogen) atoms. The van der Waals surface area contributed by atoms with Crippen LogP contribution in [-0.2, 0) is 22.7 Å². The van der Waals surface area contributed by atoms with E-state index in [4.69, 9.17) is 9.84 Å². The van der Waals surface area contributed by atoms with Crippen molar-refractivity contribution < 1.29 is 19.4 Å². The molecule has 0 fully saturated rings. The van der Waals surface area contributed by atoms with Gasteiger partial charge in [-0.3, -0.25) is 10.1 Å². The number of aromatic nitrogens is 1. The summed E-state index contributed by atoms with van der Waals surface area (Å²) >= 11 is 0. The summed E-state index contributed by atoms with van der Waals surface area (Å²) in [5.41, 5.74) is 2.18. The number of amides is 1. The second-order valence-electron chi connectivity index (χ2n) is 5.30. The van der Waals surface area contributed by atoms with Gasteiger partial charge in [-0.15, -0.1) is 0 Å². The van der Waals surface area contributed by atoms with E-state index < -0.39 is 12.1 Å². The lowest BCUT2D eigenvalue weighted by Crippen LogP contribution is -2.13. The maximum atomic E-state index is 11.9. The molecule has 0 saturated carbocycles. The topological polar surface area (TPSA) is 80.6 Å². The molecular weight excluding hydrogens is 308 g/mol. The minimum absolute atomic E-state index is 0.134. The fourth-order valence-electron chi connectivity index (χ4n) is 2.42. The Labute approximate surface area is 138 Å². The lowest BCUT2D eigenvalue weighted by Gasteiger charge is -2.08. The van der Waals surface area contributed by atoms with Crippen molar-refractivity contribution in [2.75, 3.05) is 5.32 Å². The molecule has 3 aromatic rings. The van der Waals surface area contributed by atoms with E-state index in [0.29, 0.717) is 5.69 Å². The van der Waals surface area contributed by atoms with E-state index in [9.17, 15) is 9.59 Å². The Kier molecular flexibility index (Phi) is 4.47. The first-order valence-corrected chi connectivity index (χ1v) is 7.40. The molecule has 0 aliphatic rings. The zero-order chi connectivity index (χ0) is 16.9. The van der Waals surface area contributed by atoms with Gasteiger partial charge in [-0.1, -0.05) is 36.4 Å². The predicted molar refractivity (Wildman–Crippen MR) is 89.8 cm³/mol. The third-order valence-electron chi connectivity index (χ3n) is 3.54. The molecule has 0 radical (unpaired) electrons. The van der Waals surface area contributed by atoms with E-state index >= 15 is 0 Å². The number of rotatable bonds is 5. The number of ether oxygens (including phenoxy) is 1. The van der Waals surface area contributed by atoms with Crippen molar-refractivity contribution in [3.05, 3.63) is 66.4 Å². The number of hydrogen-bond donors (Lipinski definition) is 2.